The third kappa shape index (κ3) is 3.63. The molecule has 25 heavy (non-hydrogen) atoms. The van der Waals surface area contributed by atoms with E-state index in [1.165, 1.54) is 43.5 Å². The number of nitrogens with zero attached hydrogens (tertiary/aromatic N) is 2. The van der Waals surface area contributed by atoms with Gasteiger partial charge in [-0.15, -0.1) is 10.2 Å². The Morgan fingerprint density at radius 3 is 2.60 bits per heavy atom. The van der Waals surface area contributed by atoms with Gasteiger partial charge in [0.1, 0.15) is 11.5 Å². The second-order valence-electron chi connectivity index (χ2n) is 5.36. The lowest BCUT2D eigenvalue weighted by Gasteiger charge is -2.08. The number of carbonyl (C=O) groups is 2. The van der Waals surface area contributed by atoms with Crippen LogP contribution in [0.15, 0.2) is 40.9 Å². The lowest BCUT2D eigenvalue weighted by atomic mass is 10.2. The van der Waals surface area contributed by atoms with Crippen molar-refractivity contribution in [1.82, 2.24) is 15.2 Å². The van der Waals surface area contributed by atoms with Crippen molar-refractivity contribution in [3.63, 3.8) is 0 Å². The number of Topliss-reactive ketones (excluding diaryl/α,β-unsaturated/α-hetero) is 1. The Morgan fingerprint density at radius 2 is 1.96 bits per heavy atom. The number of ketones is 1. The molecule has 0 saturated heterocycles. The molecule has 0 aliphatic rings. The second kappa shape index (κ2) is 6.68. The molecular formula is C17H14FN3O4. The lowest BCUT2D eigenvalue weighted by Crippen LogP contribution is -2.10. The van der Waals surface area contributed by atoms with Crippen molar-refractivity contribution in [2.24, 2.45) is 0 Å². The number of H-pyrrole nitrogens is 1. The van der Waals surface area contributed by atoms with Gasteiger partial charge in [-0.1, -0.05) is 0 Å². The number of carbonyl (C=O) groups excluding carboxylic acids is 2. The lowest BCUT2D eigenvalue weighted by molar-refractivity contribution is 0.0273. The maximum Gasteiger partial charge on any atom is 0.355 e. The van der Waals surface area contributed by atoms with Crippen molar-refractivity contribution in [1.29, 1.82) is 0 Å². The summed E-state index contributed by atoms with van der Waals surface area (Å²) in [5.74, 6) is -0.893. The first kappa shape index (κ1) is 16.6. The summed E-state index contributed by atoms with van der Waals surface area (Å²) in [4.78, 5) is 26.0. The van der Waals surface area contributed by atoms with Crippen LogP contribution in [0.5, 0.6) is 0 Å². The van der Waals surface area contributed by atoms with E-state index in [0.29, 0.717) is 11.1 Å². The summed E-state index contributed by atoms with van der Waals surface area (Å²) < 4.78 is 23.7. The number of ether oxygens (including phenoxy) is 1. The summed E-state index contributed by atoms with van der Waals surface area (Å²) in [5.41, 5.74) is 1.08. The number of aromatic amines is 1. The van der Waals surface area contributed by atoms with E-state index in [1.54, 1.807) is 6.92 Å². The highest BCUT2D eigenvalue weighted by Crippen LogP contribution is 2.23. The van der Waals surface area contributed by atoms with Crippen LogP contribution in [0.2, 0.25) is 0 Å². The van der Waals surface area contributed by atoms with Gasteiger partial charge in [0.15, 0.2) is 11.9 Å². The van der Waals surface area contributed by atoms with Crippen LogP contribution in [-0.2, 0) is 4.74 Å². The van der Waals surface area contributed by atoms with E-state index < -0.39 is 12.1 Å². The zero-order valence-corrected chi connectivity index (χ0v) is 13.4. The molecule has 0 aliphatic heterocycles. The molecule has 128 valence electrons. The average Bonchev–Trinajstić information content (AvgIpc) is 3.25. The van der Waals surface area contributed by atoms with Gasteiger partial charge in [0.05, 0.1) is 0 Å². The van der Waals surface area contributed by atoms with Gasteiger partial charge in [0, 0.05) is 17.3 Å². The van der Waals surface area contributed by atoms with E-state index in [4.69, 9.17) is 9.15 Å². The Morgan fingerprint density at radius 1 is 1.24 bits per heavy atom. The number of halogens is 1. The summed E-state index contributed by atoms with van der Waals surface area (Å²) in [6, 6.07) is 6.98. The molecule has 2 heterocycles. The molecule has 7 nitrogen and oxygen atoms in total. The molecule has 8 heteroatoms. The van der Waals surface area contributed by atoms with Gasteiger partial charge in [0.25, 0.3) is 5.89 Å². The Kier molecular flexibility index (Phi) is 4.42. The first-order chi connectivity index (χ1) is 11.9. The minimum atomic E-state index is -0.793. The van der Waals surface area contributed by atoms with Crippen molar-refractivity contribution in [2.75, 3.05) is 0 Å². The van der Waals surface area contributed by atoms with Crippen molar-refractivity contribution in [2.45, 2.75) is 20.0 Å². The van der Waals surface area contributed by atoms with E-state index in [0.717, 1.165) is 0 Å². The average molecular weight is 343 g/mol. The number of benzene rings is 1. The second-order valence-corrected chi connectivity index (χ2v) is 5.36. The highest BCUT2D eigenvalue weighted by Gasteiger charge is 2.21. The summed E-state index contributed by atoms with van der Waals surface area (Å²) >= 11 is 0. The molecule has 0 radical (unpaired) electrons. The molecule has 2 aromatic heterocycles. The molecular weight excluding hydrogens is 329 g/mol. The SMILES string of the molecule is CC(=O)c1c[nH]c(C(=O)O[C@@H](C)c2nnc(-c3ccc(F)cc3)o2)c1. The third-order valence-electron chi connectivity index (χ3n) is 3.47. The molecule has 0 spiro atoms. The van der Waals surface area contributed by atoms with Gasteiger partial charge in [-0.3, -0.25) is 4.79 Å². The predicted octanol–water partition coefficient (Wildman–Crippen LogP) is 3.32. The predicted molar refractivity (Wildman–Crippen MR) is 84.3 cm³/mol. The molecule has 0 fully saturated rings. The molecule has 1 N–H and O–H groups in total. The van der Waals surface area contributed by atoms with Gasteiger partial charge in [-0.25, -0.2) is 9.18 Å². The molecule has 0 bridgehead atoms. The molecule has 0 aliphatic carbocycles. The Balaban J connectivity index is 1.70. The molecule has 0 saturated carbocycles. The van der Waals surface area contributed by atoms with E-state index >= 15 is 0 Å². The fourth-order valence-electron chi connectivity index (χ4n) is 2.10. The fraction of sp³-hybridized carbons (Fsp3) is 0.176. The highest BCUT2D eigenvalue weighted by molar-refractivity contribution is 5.97. The van der Waals surface area contributed by atoms with Crippen molar-refractivity contribution >= 4 is 11.8 Å². The van der Waals surface area contributed by atoms with E-state index in [9.17, 15) is 14.0 Å². The van der Waals surface area contributed by atoms with Crippen LogP contribution < -0.4 is 0 Å². The fourth-order valence-corrected chi connectivity index (χ4v) is 2.10. The van der Waals surface area contributed by atoms with Crippen LogP contribution in [0.4, 0.5) is 4.39 Å². The van der Waals surface area contributed by atoms with Crippen LogP contribution in [0, 0.1) is 5.82 Å². The number of nitrogens with one attached hydrogen (secondary N) is 1. The number of hydrogen-bond donors (Lipinski definition) is 1. The Hall–Kier alpha value is -3.29. The minimum absolute atomic E-state index is 0.103. The quantitative estimate of drug-likeness (QED) is 0.564. The van der Waals surface area contributed by atoms with Gasteiger partial charge in [-0.2, -0.15) is 0 Å². The molecule has 0 unspecified atom stereocenters. The topological polar surface area (TPSA) is 98.1 Å². The maximum absolute atomic E-state index is 12.9. The largest absolute Gasteiger partial charge is 0.448 e. The zero-order chi connectivity index (χ0) is 18.0. The standard InChI is InChI=1S/C17H14FN3O4/c1-9(22)12-7-14(19-8-12)17(23)24-10(2)15-20-21-16(25-15)11-3-5-13(18)6-4-11/h3-8,10,19H,1-2H3/t10-/m0/s1. The number of esters is 1. The molecule has 3 rings (SSSR count). The van der Waals surface area contributed by atoms with Gasteiger partial charge < -0.3 is 14.1 Å². The van der Waals surface area contributed by atoms with Crippen LogP contribution >= 0.6 is 0 Å². The maximum atomic E-state index is 12.9. The zero-order valence-electron chi connectivity index (χ0n) is 13.4. The molecule has 1 aromatic carbocycles. The monoisotopic (exact) mass is 343 g/mol. The van der Waals surface area contributed by atoms with Crippen molar-refractivity contribution in [3.05, 3.63) is 59.5 Å². The molecule has 1 atom stereocenters. The third-order valence-corrected chi connectivity index (χ3v) is 3.47. The van der Waals surface area contributed by atoms with Gasteiger partial charge in [0.2, 0.25) is 5.89 Å². The van der Waals surface area contributed by atoms with Crippen LogP contribution in [0.3, 0.4) is 0 Å². The van der Waals surface area contributed by atoms with Crippen molar-refractivity contribution in [3.8, 4) is 11.5 Å². The number of aromatic nitrogens is 3. The molecule has 0 amide bonds. The summed E-state index contributed by atoms with van der Waals surface area (Å²) in [5, 5.41) is 7.70. The summed E-state index contributed by atoms with van der Waals surface area (Å²) in [6.45, 7) is 2.98. The Labute approximate surface area is 141 Å². The van der Waals surface area contributed by atoms with Gasteiger partial charge >= 0.3 is 5.97 Å². The van der Waals surface area contributed by atoms with E-state index in [-0.39, 0.29) is 29.1 Å². The normalized spacial score (nSPS) is 12.0. The first-order valence-electron chi connectivity index (χ1n) is 7.43. The van der Waals surface area contributed by atoms with Crippen LogP contribution in [0.1, 0.15) is 46.7 Å². The smallest absolute Gasteiger partial charge is 0.355 e. The van der Waals surface area contributed by atoms with E-state index in [1.807, 2.05) is 0 Å². The van der Waals surface area contributed by atoms with Crippen molar-refractivity contribution < 1.29 is 23.1 Å². The summed E-state index contributed by atoms with van der Waals surface area (Å²) in [7, 11) is 0. The highest BCUT2D eigenvalue weighted by atomic mass is 19.1. The number of rotatable bonds is 5. The Bertz CT molecular complexity index is 914. The van der Waals surface area contributed by atoms with E-state index in [2.05, 4.69) is 15.2 Å². The van der Waals surface area contributed by atoms with Crippen LogP contribution in [-0.4, -0.2) is 26.9 Å². The van der Waals surface area contributed by atoms with Crippen LogP contribution in [0.25, 0.3) is 11.5 Å². The number of hydrogen-bond acceptors (Lipinski definition) is 6. The molecule has 3 aromatic rings. The first-order valence-corrected chi connectivity index (χ1v) is 7.43. The summed E-state index contributed by atoms with van der Waals surface area (Å²) in [6.07, 6.45) is 0.640. The minimum Gasteiger partial charge on any atom is -0.448 e. The van der Waals surface area contributed by atoms with Gasteiger partial charge in [-0.05, 0) is 44.2 Å².